The Labute approximate surface area is 193 Å². The molecule has 8 heteroatoms. The molecule has 1 aromatic carbocycles. The number of ketones is 1. The lowest BCUT2D eigenvalue weighted by Crippen LogP contribution is -2.33. The number of rotatable bonds is 8. The zero-order valence-electron chi connectivity index (χ0n) is 16.2. The topological polar surface area (TPSA) is 67.6 Å². The van der Waals surface area contributed by atoms with Crippen LogP contribution < -0.4 is 0 Å². The molecule has 5 nitrogen and oxygen atoms in total. The molecular weight excluding hydrogens is 457 g/mol. The molecule has 2 amide bonds. The number of halogens is 2. The number of thioether (sulfide) groups is 1. The van der Waals surface area contributed by atoms with Crippen LogP contribution in [0.25, 0.3) is 11.6 Å². The van der Waals surface area contributed by atoms with Crippen LogP contribution in [0.4, 0.5) is 4.79 Å². The molecule has 158 valence electrons. The molecule has 2 heterocycles. The van der Waals surface area contributed by atoms with Crippen molar-refractivity contribution in [2.24, 2.45) is 0 Å². The molecule has 1 aliphatic heterocycles. The predicted octanol–water partition coefficient (Wildman–Crippen LogP) is 6.13. The third-order valence-corrected chi connectivity index (χ3v) is 5.65. The fraction of sp³-hybridized carbons (Fsp3) is 0.0870. The van der Waals surface area contributed by atoms with E-state index in [4.69, 9.17) is 27.6 Å². The third-order valence-electron chi connectivity index (χ3n) is 4.23. The number of amides is 2. The van der Waals surface area contributed by atoms with Crippen molar-refractivity contribution >= 4 is 63.5 Å². The maximum absolute atomic E-state index is 12.7. The summed E-state index contributed by atoms with van der Waals surface area (Å²) in [5.74, 6) is 0.190. The number of furan rings is 1. The number of Topliss-reactive ketones (excluding diaryl/α,β-unsaturated/α-hetero) is 1. The SMILES string of the molecule is C=C/C=C(\C(Cl)=C/CCl)c1ccc(/C=C2\SC(=O)N(CC(=O)c3ccccc3)C2=O)o1. The van der Waals surface area contributed by atoms with Gasteiger partial charge in [0.1, 0.15) is 11.5 Å². The second-order valence-electron chi connectivity index (χ2n) is 6.28. The monoisotopic (exact) mass is 473 g/mol. The number of benzene rings is 1. The normalized spacial score (nSPS) is 16.3. The molecule has 0 spiro atoms. The second-order valence-corrected chi connectivity index (χ2v) is 7.99. The van der Waals surface area contributed by atoms with Gasteiger partial charge in [0.05, 0.1) is 11.4 Å². The first kappa shape index (κ1) is 22.9. The van der Waals surface area contributed by atoms with Crippen molar-refractivity contribution in [3.8, 4) is 0 Å². The molecule has 1 aromatic heterocycles. The maximum atomic E-state index is 12.7. The number of carbonyl (C=O) groups is 3. The van der Waals surface area contributed by atoms with Crippen molar-refractivity contribution in [3.05, 3.63) is 94.3 Å². The summed E-state index contributed by atoms with van der Waals surface area (Å²) in [7, 11) is 0. The van der Waals surface area contributed by atoms with Crippen molar-refractivity contribution in [2.75, 3.05) is 12.4 Å². The van der Waals surface area contributed by atoms with E-state index in [-0.39, 0.29) is 23.1 Å². The summed E-state index contributed by atoms with van der Waals surface area (Å²) in [6.07, 6.45) is 6.33. The molecule has 0 radical (unpaired) electrons. The van der Waals surface area contributed by atoms with E-state index in [0.29, 0.717) is 27.7 Å². The fourth-order valence-corrected chi connectivity index (χ4v) is 4.06. The van der Waals surface area contributed by atoms with Gasteiger partial charge >= 0.3 is 0 Å². The van der Waals surface area contributed by atoms with Gasteiger partial charge in [0, 0.05) is 28.1 Å². The van der Waals surface area contributed by atoms with Gasteiger partial charge in [-0.05, 0) is 23.9 Å². The Morgan fingerprint density at radius 1 is 1.16 bits per heavy atom. The van der Waals surface area contributed by atoms with Gasteiger partial charge in [-0.2, -0.15) is 0 Å². The van der Waals surface area contributed by atoms with Crippen molar-refractivity contribution in [1.29, 1.82) is 0 Å². The summed E-state index contributed by atoms with van der Waals surface area (Å²) in [5.41, 5.74) is 1.02. The number of nitrogens with zero attached hydrogens (tertiary/aromatic N) is 1. The summed E-state index contributed by atoms with van der Waals surface area (Å²) >= 11 is 12.7. The maximum Gasteiger partial charge on any atom is 0.293 e. The highest BCUT2D eigenvalue weighted by atomic mass is 35.5. The second kappa shape index (κ2) is 10.5. The third kappa shape index (κ3) is 5.47. The molecule has 0 saturated carbocycles. The van der Waals surface area contributed by atoms with Crippen LogP contribution in [0.3, 0.4) is 0 Å². The van der Waals surface area contributed by atoms with Gasteiger partial charge in [-0.15, -0.1) is 11.6 Å². The number of alkyl halides is 1. The van der Waals surface area contributed by atoms with Crippen LogP contribution in [-0.2, 0) is 4.79 Å². The van der Waals surface area contributed by atoms with E-state index in [0.717, 1.165) is 16.7 Å². The minimum Gasteiger partial charge on any atom is -0.457 e. The lowest BCUT2D eigenvalue weighted by molar-refractivity contribution is -0.122. The lowest BCUT2D eigenvalue weighted by atomic mass is 10.1. The summed E-state index contributed by atoms with van der Waals surface area (Å²) < 4.78 is 5.77. The Morgan fingerprint density at radius 3 is 2.58 bits per heavy atom. The van der Waals surface area contributed by atoms with E-state index in [1.807, 2.05) is 0 Å². The van der Waals surface area contributed by atoms with Gasteiger partial charge in [0.15, 0.2) is 5.78 Å². The molecule has 0 unspecified atom stereocenters. The molecule has 1 fully saturated rings. The molecule has 1 saturated heterocycles. The van der Waals surface area contributed by atoms with Crippen LogP contribution in [0.5, 0.6) is 0 Å². The molecule has 0 bridgehead atoms. The van der Waals surface area contributed by atoms with Crippen molar-refractivity contribution in [1.82, 2.24) is 4.90 Å². The highest BCUT2D eigenvalue weighted by Crippen LogP contribution is 2.34. The van der Waals surface area contributed by atoms with E-state index in [2.05, 4.69) is 6.58 Å². The number of hydrogen-bond acceptors (Lipinski definition) is 5. The van der Waals surface area contributed by atoms with Crippen LogP contribution in [0.15, 0.2) is 81.6 Å². The van der Waals surface area contributed by atoms with Gasteiger partial charge in [0.2, 0.25) is 0 Å². The molecular formula is C23H17Cl2NO4S. The van der Waals surface area contributed by atoms with E-state index < -0.39 is 11.1 Å². The largest absolute Gasteiger partial charge is 0.457 e. The number of carbonyl (C=O) groups excluding carboxylic acids is 3. The van der Waals surface area contributed by atoms with Gasteiger partial charge in [0.25, 0.3) is 11.1 Å². The zero-order valence-corrected chi connectivity index (χ0v) is 18.5. The van der Waals surface area contributed by atoms with Gasteiger partial charge < -0.3 is 4.42 Å². The minimum atomic E-state index is -0.542. The van der Waals surface area contributed by atoms with Crippen LogP contribution in [-0.4, -0.2) is 34.3 Å². The number of allylic oxidation sites excluding steroid dienone is 5. The lowest BCUT2D eigenvalue weighted by Gasteiger charge is -2.11. The summed E-state index contributed by atoms with van der Waals surface area (Å²) in [4.78, 5) is 38.5. The van der Waals surface area contributed by atoms with Crippen LogP contribution in [0.1, 0.15) is 21.9 Å². The highest BCUT2D eigenvalue weighted by Gasteiger charge is 2.36. The van der Waals surface area contributed by atoms with E-state index >= 15 is 0 Å². The Morgan fingerprint density at radius 2 is 1.90 bits per heavy atom. The summed E-state index contributed by atoms with van der Waals surface area (Å²) in [6, 6.07) is 11.8. The average molecular weight is 474 g/mol. The standard InChI is InChI=1S/C23H17Cl2NO4S/c1-2-6-17(18(25)11-12-24)20-10-9-16(30-20)13-21-22(28)26(23(29)31-21)14-19(27)15-7-4-3-5-8-15/h2-11,13H,1,12,14H2/b17-6+,18-11+,21-13-. The fourth-order valence-electron chi connectivity index (χ4n) is 2.77. The predicted molar refractivity (Wildman–Crippen MR) is 125 cm³/mol. The van der Waals surface area contributed by atoms with Crippen LogP contribution in [0.2, 0.25) is 0 Å². The van der Waals surface area contributed by atoms with Crippen LogP contribution >= 0.6 is 35.0 Å². The first-order valence-corrected chi connectivity index (χ1v) is 10.9. The summed E-state index contributed by atoms with van der Waals surface area (Å²) in [6.45, 7) is 3.34. The molecule has 1 aliphatic rings. The zero-order chi connectivity index (χ0) is 22.4. The van der Waals surface area contributed by atoms with E-state index in [9.17, 15) is 14.4 Å². The van der Waals surface area contributed by atoms with E-state index in [1.165, 1.54) is 6.08 Å². The number of hydrogen-bond donors (Lipinski definition) is 0. The molecule has 0 N–H and O–H groups in total. The Balaban J connectivity index is 1.79. The van der Waals surface area contributed by atoms with Crippen LogP contribution in [0, 0.1) is 0 Å². The first-order chi connectivity index (χ1) is 14.9. The van der Waals surface area contributed by atoms with Crippen molar-refractivity contribution in [2.45, 2.75) is 0 Å². The molecule has 31 heavy (non-hydrogen) atoms. The molecule has 3 rings (SSSR count). The molecule has 0 aliphatic carbocycles. The first-order valence-electron chi connectivity index (χ1n) is 9.13. The van der Waals surface area contributed by atoms with Gasteiger partial charge in [-0.3, -0.25) is 19.3 Å². The Hall–Kier alpha value is -2.80. The quantitative estimate of drug-likeness (QED) is 0.199. The van der Waals surface area contributed by atoms with Gasteiger partial charge in [-0.25, -0.2) is 0 Å². The molecule has 0 atom stereocenters. The van der Waals surface area contributed by atoms with Crippen molar-refractivity contribution < 1.29 is 18.8 Å². The average Bonchev–Trinajstić information content (AvgIpc) is 3.32. The smallest absolute Gasteiger partial charge is 0.293 e. The minimum absolute atomic E-state index is 0.170. The summed E-state index contributed by atoms with van der Waals surface area (Å²) in [5, 5.41) is -0.108. The Bertz CT molecular complexity index is 1120. The number of imide groups is 1. The van der Waals surface area contributed by atoms with E-state index in [1.54, 1.807) is 60.7 Å². The highest BCUT2D eigenvalue weighted by molar-refractivity contribution is 8.18. The molecule has 2 aromatic rings. The Kier molecular flexibility index (Phi) is 7.74. The van der Waals surface area contributed by atoms with Crippen molar-refractivity contribution in [3.63, 3.8) is 0 Å². The van der Waals surface area contributed by atoms with Gasteiger partial charge in [-0.1, -0.05) is 66.7 Å².